The number of carbonyl (C=O) groups is 2. The van der Waals surface area contributed by atoms with Crippen LogP contribution in [0, 0.1) is 23.7 Å². The highest BCUT2D eigenvalue weighted by Crippen LogP contribution is 2.40. The van der Waals surface area contributed by atoms with Crippen LogP contribution in [0.5, 0.6) is 0 Å². The third kappa shape index (κ3) is 4.38. The van der Waals surface area contributed by atoms with Gasteiger partial charge in [-0.15, -0.1) is 0 Å². The third-order valence-corrected chi connectivity index (χ3v) is 7.97. The van der Waals surface area contributed by atoms with E-state index in [9.17, 15) is 9.59 Å². The quantitative estimate of drug-likeness (QED) is 0.695. The summed E-state index contributed by atoms with van der Waals surface area (Å²) in [6.45, 7) is 9.41. The number of hydrogen-bond acceptors (Lipinski definition) is 6. The maximum Gasteiger partial charge on any atom is 0.140 e. The molecule has 10 atom stereocenters. The van der Waals surface area contributed by atoms with E-state index in [0.717, 1.165) is 25.7 Å². The van der Waals surface area contributed by atoms with Crippen molar-refractivity contribution in [1.29, 1.82) is 0 Å². The first-order chi connectivity index (χ1) is 14.4. The molecule has 0 aliphatic carbocycles. The van der Waals surface area contributed by atoms with Gasteiger partial charge in [-0.25, -0.2) is 0 Å². The number of carbonyl (C=O) groups excluding carboxylic acids is 2. The van der Waals surface area contributed by atoms with Crippen molar-refractivity contribution >= 4 is 11.6 Å². The standard InChI is InChI=1S/C24H38O6/c1-13-5-7-19(23-15(3)17(25)9-11-27-23)29-21(13)22-14(2)6-8-20(30-22)24-16(4)18(26)10-12-28-24/h13-16,19-24H,5-12H2,1-4H3/t13-,14-,15-,16-,19-,20-,21+,22+,23-,24-/m1/s1. The molecule has 0 unspecified atom stereocenters. The summed E-state index contributed by atoms with van der Waals surface area (Å²) in [4.78, 5) is 24.4. The van der Waals surface area contributed by atoms with E-state index in [4.69, 9.17) is 18.9 Å². The molecule has 170 valence electrons. The molecule has 0 radical (unpaired) electrons. The molecule has 4 aliphatic rings. The normalized spacial score (nSPS) is 48.5. The molecule has 6 heteroatoms. The molecule has 0 aromatic rings. The van der Waals surface area contributed by atoms with Crippen LogP contribution in [-0.2, 0) is 28.5 Å². The van der Waals surface area contributed by atoms with Gasteiger partial charge in [-0.1, -0.05) is 27.7 Å². The summed E-state index contributed by atoms with van der Waals surface area (Å²) in [6, 6.07) is 0. The van der Waals surface area contributed by atoms with E-state index in [2.05, 4.69) is 13.8 Å². The molecule has 0 aromatic heterocycles. The van der Waals surface area contributed by atoms with Gasteiger partial charge in [0.1, 0.15) is 11.6 Å². The first kappa shape index (κ1) is 22.4. The van der Waals surface area contributed by atoms with Crippen LogP contribution >= 0.6 is 0 Å². The third-order valence-electron chi connectivity index (χ3n) is 7.97. The molecule has 0 N–H and O–H groups in total. The Kier molecular flexibility index (Phi) is 6.98. The van der Waals surface area contributed by atoms with Crippen molar-refractivity contribution in [1.82, 2.24) is 0 Å². The Morgan fingerprint density at radius 3 is 1.40 bits per heavy atom. The van der Waals surface area contributed by atoms with Gasteiger partial charge in [-0.3, -0.25) is 9.59 Å². The van der Waals surface area contributed by atoms with E-state index in [0.29, 0.717) is 37.9 Å². The second-order valence-electron chi connectivity index (χ2n) is 10.1. The van der Waals surface area contributed by atoms with Gasteiger partial charge in [0, 0.05) is 24.7 Å². The van der Waals surface area contributed by atoms with Gasteiger partial charge in [-0.05, 0) is 37.5 Å². The predicted octanol–water partition coefficient (Wildman–Crippen LogP) is 3.34. The molecule has 0 spiro atoms. The van der Waals surface area contributed by atoms with Gasteiger partial charge in [0.25, 0.3) is 0 Å². The van der Waals surface area contributed by atoms with E-state index >= 15 is 0 Å². The number of Topliss-reactive ketones (excluding diaryl/α,β-unsaturated/α-hetero) is 2. The molecular weight excluding hydrogens is 384 g/mol. The lowest BCUT2D eigenvalue weighted by molar-refractivity contribution is -0.237. The predicted molar refractivity (Wildman–Crippen MR) is 111 cm³/mol. The maximum absolute atomic E-state index is 12.2. The van der Waals surface area contributed by atoms with Crippen molar-refractivity contribution in [3.63, 3.8) is 0 Å². The number of hydrogen-bond donors (Lipinski definition) is 0. The molecule has 4 fully saturated rings. The van der Waals surface area contributed by atoms with E-state index in [1.54, 1.807) is 0 Å². The van der Waals surface area contributed by atoms with Crippen LogP contribution in [0.1, 0.15) is 66.2 Å². The van der Waals surface area contributed by atoms with E-state index < -0.39 is 0 Å². The van der Waals surface area contributed by atoms with Crippen molar-refractivity contribution in [2.75, 3.05) is 13.2 Å². The minimum absolute atomic E-state index is 0.0241. The SMILES string of the molecule is C[C@@H]1CC[C@H]([C@@H]2OCCC(=O)[C@H]2C)O[C@@H]1[C@H]1O[C@@H]([C@@H]2OCCC(=O)[C@H]2C)CC[C@H]1C. The molecule has 30 heavy (non-hydrogen) atoms. The zero-order chi connectivity index (χ0) is 21.4. The first-order valence-corrected chi connectivity index (χ1v) is 12.0. The van der Waals surface area contributed by atoms with Crippen molar-refractivity contribution < 1.29 is 28.5 Å². The average molecular weight is 423 g/mol. The summed E-state index contributed by atoms with van der Waals surface area (Å²) in [7, 11) is 0. The Balaban J connectivity index is 1.46. The average Bonchev–Trinajstić information content (AvgIpc) is 2.73. The van der Waals surface area contributed by atoms with E-state index in [1.165, 1.54) is 0 Å². The van der Waals surface area contributed by atoms with Gasteiger partial charge in [0.05, 0.1) is 49.8 Å². The van der Waals surface area contributed by atoms with Crippen LogP contribution in [0.3, 0.4) is 0 Å². The first-order valence-electron chi connectivity index (χ1n) is 12.0. The van der Waals surface area contributed by atoms with Gasteiger partial charge >= 0.3 is 0 Å². The van der Waals surface area contributed by atoms with Crippen molar-refractivity contribution in [2.24, 2.45) is 23.7 Å². The van der Waals surface area contributed by atoms with Gasteiger partial charge in [-0.2, -0.15) is 0 Å². The lowest BCUT2D eigenvalue weighted by Gasteiger charge is -2.48. The zero-order valence-electron chi connectivity index (χ0n) is 18.9. The fourth-order valence-corrected chi connectivity index (χ4v) is 5.84. The van der Waals surface area contributed by atoms with E-state index in [1.807, 2.05) is 13.8 Å². The van der Waals surface area contributed by atoms with Gasteiger partial charge in [0.2, 0.25) is 0 Å². The molecule has 6 nitrogen and oxygen atoms in total. The largest absolute Gasteiger partial charge is 0.374 e. The lowest BCUT2D eigenvalue weighted by Crippen LogP contribution is -2.56. The van der Waals surface area contributed by atoms with Crippen molar-refractivity contribution in [3.05, 3.63) is 0 Å². The van der Waals surface area contributed by atoms with Crippen molar-refractivity contribution in [3.8, 4) is 0 Å². The second kappa shape index (κ2) is 9.35. The Morgan fingerprint density at radius 1 is 0.600 bits per heavy atom. The summed E-state index contributed by atoms with van der Waals surface area (Å²) in [5, 5.41) is 0. The number of ether oxygens (including phenoxy) is 4. The topological polar surface area (TPSA) is 71.1 Å². The summed E-state index contributed by atoms with van der Waals surface area (Å²) >= 11 is 0. The molecule has 4 heterocycles. The Hall–Kier alpha value is -0.820. The van der Waals surface area contributed by atoms with Crippen LogP contribution in [0.25, 0.3) is 0 Å². The summed E-state index contributed by atoms with van der Waals surface area (Å²) in [5.41, 5.74) is 0. The number of ketones is 2. The monoisotopic (exact) mass is 422 g/mol. The van der Waals surface area contributed by atoms with Crippen LogP contribution in [-0.4, -0.2) is 61.4 Å². The van der Waals surface area contributed by atoms with Gasteiger partial charge < -0.3 is 18.9 Å². The highest BCUT2D eigenvalue weighted by atomic mass is 16.6. The molecule has 0 bridgehead atoms. The summed E-state index contributed by atoms with van der Waals surface area (Å²) < 4.78 is 25.3. The molecule has 4 saturated heterocycles. The second-order valence-corrected chi connectivity index (χ2v) is 10.1. The molecule has 0 saturated carbocycles. The molecule has 0 aromatic carbocycles. The zero-order valence-corrected chi connectivity index (χ0v) is 18.9. The fraction of sp³-hybridized carbons (Fsp3) is 0.917. The van der Waals surface area contributed by atoms with Gasteiger partial charge in [0.15, 0.2) is 0 Å². The smallest absolute Gasteiger partial charge is 0.140 e. The minimum atomic E-state index is -0.157. The van der Waals surface area contributed by atoms with Crippen LogP contribution < -0.4 is 0 Å². The molecule has 4 rings (SSSR count). The van der Waals surface area contributed by atoms with Crippen molar-refractivity contribution in [2.45, 2.75) is 103 Å². The lowest BCUT2D eigenvalue weighted by atomic mass is 9.79. The number of rotatable bonds is 3. The maximum atomic E-state index is 12.2. The fourth-order valence-electron chi connectivity index (χ4n) is 5.84. The molecular formula is C24H38O6. The Labute approximate surface area is 180 Å². The molecule has 0 amide bonds. The highest BCUT2D eigenvalue weighted by molar-refractivity contribution is 5.82. The van der Waals surface area contributed by atoms with Crippen LogP contribution in [0.2, 0.25) is 0 Å². The summed E-state index contributed by atoms with van der Waals surface area (Å²) in [6.07, 6.45) is 4.45. The highest BCUT2D eigenvalue weighted by Gasteiger charge is 2.47. The minimum Gasteiger partial charge on any atom is -0.374 e. The van der Waals surface area contributed by atoms with Crippen LogP contribution in [0.4, 0.5) is 0 Å². The molecule has 4 aliphatic heterocycles. The van der Waals surface area contributed by atoms with Crippen LogP contribution in [0.15, 0.2) is 0 Å². The Morgan fingerprint density at radius 2 is 1.00 bits per heavy atom. The Bertz CT molecular complexity index is 581. The summed E-state index contributed by atoms with van der Waals surface area (Å²) in [5.74, 6) is 1.10. The van der Waals surface area contributed by atoms with E-state index in [-0.39, 0.29) is 60.0 Å².